The van der Waals surface area contributed by atoms with E-state index in [1.54, 1.807) is 19.0 Å². The highest BCUT2D eigenvalue weighted by Crippen LogP contribution is 2.16. The van der Waals surface area contributed by atoms with E-state index in [4.69, 9.17) is 0 Å². The number of nitrogens with one attached hydrogen (secondary N) is 1. The molecule has 0 aromatic carbocycles. The molecule has 0 aromatic heterocycles. The van der Waals surface area contributed by atoms with Crippen molar-refractivity contribution in [2.24, 2.45) is 5.41 Å². The van der Waals surface area contributed by atoms with Gasteiger partial charge in [-0.25, -0.2) is 0 Å². The number of rotatable bonds is 5. The summed E-state index contributed by atoms with van der Waals surface area (Å²) in [7, 11) is 3.58. The lowest BCUT2D eigenvalue weighted by molar-refractivity contribution is -0.128. The van der Waals surface area contributed by atoms with Crippen LogP contribution in [0.2, 0.25) is 0 Å². The van der Waals surface area contributed by atoms with Crippen LogP contribution in [0.3, 0.4) is 0 Å². The Labute approximate surface area is 87.9 Å². The molecule has 1 amide bonds. The van der Waals surface area contributed by atoms with Gasteiger partial charge in [-0.1, -0.05) is 20.8 Å². The number of nitrogens with zero attached hydrogens (tertiary/aromatic N) is 1. The van der Waals surface area contributed by atoms with E-state index in [0.29, 0.717) is 11.8 Å². The summed E-state index contributed by atoms with van der Waals surface area (Å²) in [6.07, 6.45) is 1.74. The summed E-state index contributed by atoms with van der Waals surface area (Å²) >= 11 is 0. The highest BCUT2D eigenvalue weighted by molar-refractivity contribution is 5.75. The SMILES string of the molecule is CN(C)C(=O)CCNCCC(C)(C)C. The van der Waals surface area contributed by atoms with Crippen LogP contribution in [0.5, 0.6) is 0 Å². The van der Waals surface area contributed by atoms with Crippen LogP contribution in [0.1, 0.15) is 33.6 Å². The summed E-state index contributed by atoms with van der Waals surface area (Å²) in [5, 5.41) is 3.28. The van der Waals surface area contributed by atoms with Gasteiger partial charge in [0.25, 0.3) is 0 Å². The Kier molecular flexibility index (Phi) is 5.77. The normalized spacial score (nSPS) is 11.5. The van der Waals surface area contributed by atoms with Gasteiger partial charge in [0, 0.05) is 27.1 Å². The van der Waals surface area contributed by atoms with Crippen molar-refractivity contribution in [2.45, 2.75) is 33.6 Å². The number of carbonyl (C=O) groups is 1. The molecule has 0 fully saturated rings. The average Bonchev–Trinajstić information content (AvgIpc) is 2.01. The van der Waals surface area contributed by atoms with Crippen molar-refractivity contribution in [1.29, 1.82) is 0 Å². The van der Waals surface area contributed by atoms with E-state index in [1.807, 2.05) is 0 Å². The maximum absolute atomic E-state index is 11.2. The van der Waals surface area contributed by atoms with Gasteiger partial charge in [0.05, 0.1) is 0 Å². The van der Waals surface area contributed by atoms with Crippen molar-refractivity contribution in [2.75, 3.05) is 27.2 Å². The Morgan fingerprint density at radius 3 is 2.21 bits per heavy atom. The van der Waals surface area contributed by atoms with Gasteiger partial charge in [-0.3, -0.25) is 4.79 Å². The Morgan fingerprint density at radius 1 is 1.21 bits per heavy atom. The van der Waals surface area contributed by atoms with Crippen LogP contribution in [0.4, 0.5) is 0 Å². The maximum atomic E-state index is 11.2. The van der Waals surface area contributed by atoms with Crippen LogP contribution in [-0.4, -0.2) is 38.0 Å². The summed E-state index contributed by atoms with van der Waals surface area (Å²) in [6.45, 7) is 8.44. The Hall–Kier alpha value is -0.570. The predicted octanol–water partition coefficient (Wildman–Crippen LogP) is 1.49. The largest absolute Gasteiger partial charge is 0.349 e. The van der Waals surface area contributed by atoms with E-state index in [9.17, 15) is 4.79 Å². The minimum absolute atomic E-state index is 0.188. The summed E-state index contributed by atoms with van der Waals surface area (Å²) in [5.74, 6) is 0.188. The van der Waals surface area contributed by atoms with Crippen LogP contribution in [0, 0.1) is 5.41 Å². The lowest BCUT2D eigenvalue weighted by atomic mass is 9.92. The van der Waals surface area contributed by atoms with Crippen molar-refractivity contribution in [3.05, 3.63) is 0 Å². The second-order valence-corrected chi connectivity index (χ2v) is 5.10. The van der Waals surface area contributed by atoms with Crippen LogP contribution < -0.4 is 5.32 Å². The van der Waals surface area contributed by atoms with Gasteiger partial charge in [0.1, 0.15) is 0 Å². The quantitative estimate of drug-likeness (QED) is 0.682. The lowest BCUT2D eigenvalue weighted by Crippen LogP contribution is -2.28. The van der Waals surface area contributed by atoms with E-state index in [1.165, 1.54) is 0 Å². The molecule has 84 valence electrons. The fourth-order valence-electron chi connectivity index (χ4n) is 1.01. The van der Waals surface area contributed by atoms with Crippen molar-refractivity contribution >= 4 is 5.91 Å². The third kappa shape index (κ3) is 8.05. The Morgan fingerprint density at radius 2 is 1.79 bits per heavy atom. The number of amides is 1. The first-order chi connectivity index (χ1) is 6.33. The molecule has 0 bridgehead atoms. The van der Waals surface area contributed by atoms with E-state index in [2.05, 4.69) is 26.1 Å². The summed E-state index contributed by atoms with van der Waals surface area (Å²) < 4.78 is 0. The molecular weight excluding hydrogens is 176 g/mol. The molecule has 0 aliphatic carbocycles. The Bertz CT molecular complexity index is 171. The predicted molar refractivity (Wildman–Crippen MR) is 60.3 cm³/mol. The summed E-state index contributed by atoms with van der Waals surface area (Å²) in [5.41, 5.74) is 0.374. The highest BCUT2D eigenvalue weighted by atomic mass is 16.2. The molecule has 1 N–H and O–H groups in total. The van der Waals surface area contributed by atoms with Crippen molar-refractivity contribution in [3.8, 4) is 0 Å². The molecule has 14 heavy (non-hydrogen) atoms. The van der Waals surface area contributed by atoms with Crippen molar-refractivity contribution in [1.82, 2.24) is 10.2 Å². The average molecular weight is 200 g/mol. The van der Waals surface area contributed by atoms with Crippen LogP contribution in [0.25, 0.3) is 0 Å². The second kappa shape index (κ2) is 6.02. The van der Waals surface area contributed by atoms with Gasteiger partial charge in [0.15, 0.2) is 0 Å². The van der Waals surface area contributed by atoms with Crippen LogP contribution in [0.15, 0.2) is 0 Å². The number of hydrogen-bond acceptors (Lipinski definition) is 2. The van der Waals surface area contributed by atoms with Crippen LogP contribution in [-0.2, 0) is 4.79 Å². The molecule has 0 radical (unpaired) electrons. The summed E-state index contributed by atoms with van der Waals surface area (Å²) in [4.78, 5) is 12.8. The van der Waals surface area contributed by atoms with Gasteiger partial charge in [-0.15, -0.1) is 0 Å². The molecule has 0 atom stereocenters. The summed E-state index contributed by atoms with van der Waals surface area (Å²) in [6, 6.07) is 0. The first-order valence-electron chi connectivity index (χ1n) is 5.24. The van der Waals surface area contributed by atoms with Gasteiger partial charge >= 0.3 is 0 Å². The molecule has 0 saturated carbocycles. The molecule has 0 aliphatic rings. The topological polar surface area (TPSA) is 32.3 Å². The minimum atomic E-state index is 0.188. The van der Waals surface area contributed by atoms with Gasteiger partial charge in [-0.2, -0.15) is 0 Å². The zero-order valence-corrected chi connectivity index (χ0v) is 10.2. The van der Waals surface area contributed by atoms with E-state index in [-0.39, 0.29) is 5.91 Å². The molecule has 0 saturated heterocycles. The van der Waals surface area contributed by atoms with E-state index in [0.717, 1.165) is 19.5 Å². The molecule has 0 rings (SSSR count). The standard InChI is InChI=1S/C11H24N2O/c1-11(2,3)7-9-12-8-6-10(14)13(4)5/h12H,6-9H2,1-5H3. The monoisotopic (exact) mass is 200 g/mol. The first kappa shape index (κ1) is 13.4. The molecule has 0 spiro atoms. The molecule has 3 nitrogen and oxygen atoms in total. The third-order valence-electron chi connectivity index (χ3n) is 2.07. The zero-order valence-electron chi connectivity index (χ0n) is 10.2. The first-order valence-corrected chi connectivity index (χ1v) is 5.24. The molecule has 3 heteroatoms. The maximum Gasteiger partial charge on any atom is 0.223 e. The number of hydrogen-bond donors (Lipinski definition) is 1. The minimum Gasteiger partial charge on any atom is -0.349 e. The third-order valence-corrected chi connectivity index (χ3v) is 2.07. The molecule has 0 aliphatic heterocycles. The second-order valence-electron chi connectivity index (χ2n) is 5.10. The van der Waals surface area contributed by atoms with Crippen molar-refractivity contribution < 1.29 is 4.79 Å². The van der Waals surface area contributed by atoms with Crippen molar-refractivity contribution in [3.63, 3.8) is 0 Å². The van der Waals surface area contributed by atoms with Gasteiger partial charge in [-0.05, 0) is 18.4 Å². The zero-order chi connectivity index (χ0) is 11.2. The fraction of sp³-hybridized carbons (Fsp3) is 0.909. The fourth-order valence-corrected chi connectivity index (χ4v) is 1.01. The van der Waals surface area contributed by atoms with Gasteiger partial charge < -0.3 is 10.2 Å². The van der Waals surface area contributed by atoms with E-state index >= 15 is 0 Å². The Balaban J connectivity index is 3.35. The smallest absolute Gasteiger partial charge is 0.223 e. The molecule has 0 unspecified atom stereocenters. The van der Waals surface area contributed by atoms with E-state index < -0.39 is 0 Å². The number of carbonyl (C=O) groups excluding carboxylic acids is 1. The lowest BCUT2D eigenvalue weighted by Gasteiger charge is -2.18. The van der Waals surface area contributed by atoms with Gasteiger partial charge in [0.2, 0.25) is 5.91 Å². The molecular formula is C11H24N2O. The molecule has 0 heterocycles. The van der Waals surface area contributed by atoms with Crippen LogP contribution >= 0.6 is 0 Å². The molecule has 0 aromatic rings. The highest BCUT2D eigenvalue weighted by Gasteiger charge is 2.09.